The van der Waals surface area contributed by atoms with Gasteiger partial charge in [0.2, 0.25) is 5.78 Å². The molecule has 184 valence electrons. The van der Waals surface area contributed by atoms with E-state index in [2.05, 4.69) is 4.98 Å². The molecule has 0 unspecified atom stereocenters. The molecule has 0 amide bonds. The molecule has 0 aliphatic carbocycles. The molecule has 37 heavy (non-hydrogen) atoms. The standard InChI is InChI=1S/C30H25N3O4/c34-27(23-18-31-24-12-7-6-11-21(23)24)28(19-9-3-1-4-10-19)37-30(36)20-14-15-22-25(17-20)32-26-13-5-2-8-16-33(26)29(22)35/h1,3-4,6-7,9-12,14-15,17-18,28,31H,2,5,8,13,16H2/t28-/m0/s1. The van der Waals surface area contributed by atoms with E-state index in [9.17, 15) is 14.4 Å². The molecule has 1 aliphatic heterocycles. The van der Waals surface area contributed by atoms with Gasteiger partial charge < -0.3 is 9.72 Å². The Morgan fingerprint density at radius 3 is 2.59 bits per heavy atom. The van der Waals surface area contributed by atoms with Crippen LogP contribution in [0, 0.1) is 0 Å². The van der Waals surface area contributed by atoms with E-state index in [-0.39, 0.29) is 16.9 Å². The second-order valence-electron chi connectivity index (χ2n) is 9.34. The van der Waals surface area contributed by atoms with Crippen LogP contribution in [0.2, 0.25) is 0 Å². The molecule has 1 N–H and O–H groups in total. The molecule has 6 rings (SSSR count). The first-order chi connectivity index (χ1) is 18.1. The van der Waals surface area contributed by atoms with Crippen LogP contribution in [0.1, 0.15) is 57.5 Å². The Morgan fingerprint density at radius 1 is 0.919 bits per heavy atom. The van der Waals surface area contributed by atoms with E-state index in [0.29, 0.717) is 28.6 Å². The van der Waals surface area contributed by atoms with Crippen molar-refractivity contribution in [3.05, 3.63) is 112 Å². The molecule has 3 heterocycles. The molecule has 0 saturated heterocycles. The van der Waals surface area contributed by atoms with Crippen molar-refractivity contribution in [3.63, 3.8) is 0 Å². The third kappa shape index (κ3) is 4.22. The van der Waals surface area contributed by atoms with Gasteiger partial charge >= 0.3 is 5.97 Å². The topological polar surface area (TPSA) is 94.0 Å². The summed E-state index contributed by atoms with van der Waals surface area (Å²) >= 11 is 0. The van der Waals surface area contributed by atoms with Crippen LogP contribution in [0.4, 0.5) is 0 Å². The molecular weight excluding hydrogens is 466 g/mol. The first kappa shape index (κ1) is 22.9. The highest BCUT2D eigenvalue weighted by atomic mass is 16.5. The number of aromatic amines is 1. The summed E-state index contributed by atoms with van der Waals surface area (Å²) in [6.45, 7) is 0.662. The van der Waals surface area contributed by atoms with Crippen molar-refractivity contribution < 1.29 is 14.3 Å². The molecule has 0 bridgehead atoms. The van der Waals surface area contributed by atoms with Crippen LogP contribution in [0.15, 0.2) is 83.8 Å². The summed E-state index contributed by atoms with van der Waals surface area (Å²) < 4.78 is 7.60. The van der Waals surface area contributed by atoms with Gasteiger partial charge in [0.1, 0.15) is 5.82 Å². The van der Waals surface area contributed by atoms with Crippen LogP contribution >= 0.6 is 0 Å². The summed E-state index contributed by atoms with van der Waals surface area (Å²) in [6, 6.07) is 21.3. The summed E-state index contributed by atoms with van der Waals surface area (Å²) in [7, 11) is 0. The average molecular weight is 492 g/mol. The van der Waals surface area contributed by atoms with Crippen molar-refractivity contribution in [3.8, 4) is 0 Å². The number of nitrogens with one attached hydrogen (secondary N) is 1. The van der Waals surface area contributed by atoms with Gasteiger partial charge in [-0.1, -0.05) is 55.0 Å². The number of fused-ring (bicyclic) bond motifs is 3. The highest BCUT2D eigenvalue weighted by Gasteiger charge is 2.29. The maximum Gasteiger partial charge on any atom is 0.339 e. The SMILES string of the molecule is O=C(O[C@H](C(=O)c1c[nH]c2ccccc12)c1ccccc1)c1ccc2c(=O)n3c(nc2c1)CCCCC3. The number of ether oxygens (including phenoxy) is 1. The van der Waals surface area contributed by atoms with E-state index in [1.807, 2.05) is 30.3 Å². The van der Waals surface area contributed by atoms with E-state index in [1.54, 1.807) is 53.2 Å². The highest BCUT2D eigenvalue weighted by Crippen LogP contribution is 2.28. The van der Waals surface area contributed by atoms with Gasteiger partial charge in [-0.05, 0) is 37.1 Å². The number of carbonyl (C=O) groups is 2. The number of aromatic nitrogens is 3. The van der Waals surface area contributed by atoms with Gasteiger partial charge in [-0.3, -0.25) is 14.2 Å². The number of benzene rings is 3. The van der Waals surface area contributed by atoms with Crippen molar-refractivity contribution in [2.24, 2.45) is 0 Å². The minimum absolute atomic E-state index is 0.0847. The first-order valence-corrected chi connectivity index (χ1v) is 12.5. The predicted molar refractivity (Wildman–Crippen MR) is 141 cm³/mol. The number of esters is 1. The number of H-pyrrole nitrogens is 1. The Balaban J connectivity index is 1.36. The zero-order chi connectivity index (χ0) is 25.4. The molecule has 5 aromatic rings. The van der Waals surface area contributed by atoms with Crippen molar-refractivity contribution in [1.29, 1.82) is 0 Å². The summed E-state index contributed by atoms with van der Waals surface area (Å²) in [5, 5.41) is 1.23. The smallest absolute Gasteiger partial charge is 0.339 e. The van der Waals surface area contributed by atoms with Gasteiger partial charge in [0.05, 0.1) is 16.5 Å². The molecule has 3 aromatic carbocycles. The van der Waals surface area contributed by atoms with E-state index in [0.717, 1.165) is 42.4 Å². The second kappa shape index (κ2) is 9.50. The summed E-state index contributed by atoms with van der Waals surface area (Å²) in [6.07, 6.45) is 4.24. The lowest BCUT2D eigenvalue weighted by Crippen LogP contribution is -2.25. The molecule has 2 aromatic heterocycles. The summed E-state index contributed by atoms with van der Waals surface area (Å²) in [5.41, 5.74) is 2.48. The predicted octanol–water partition coefficient (Wildman–Crippen LogP) is 5.39. The fraction of sp³-hybridized carbons (Fsp3) is 0.200. The largest absolute Gasteiger partial charge is 0.445 e. The zero-order valence-electron chi connectivity index (χ0n) is 20.1. The van der Waals surface area contributed by atoms with Crippen molar-refractivity contribution in [1.82, 2.24) is 14.5 Å². The molecule has 1 aliphatic rings. The molecule has 1 atom stereocenters. The van der Waals surface area contributed by atoms with E-state index < -0.39 is 12.1 Å². The number of Topliss-reactive ketones (excluding diaryl/α,β-unsaturated/α-hetero) is 1. The van der Waals surface area contributed by atoms with Crippen molar-refractivity contribution in [2.45, 2.75) is 38.3 Å². The molecule has 0 radical (unpaired) electrons. The van der Waals surface area contributed by atoms with Gasteiger partial charge in [0, 0.05) is 41.2 Å². The summed E-state index contributed by atoms with van der Waals surface area (Å²) in [4.78, 5) is 47.9. The number of ketones is 1. The van der Waals surface area contributed by atoms with Crippen LogP contribution < -0.4 is 5.56 Å². The summed E-state index contributed by atoms with van der Waals surface area (Å²) in [5.74, 6) is -0.225. The lowest BCUT2D eigenvalue weighted by atomic mass is 9.99. The first-order valence-electron chi connectivity index (χ1n) is 12.5. The lowest BCUT2D eigenvalue weighted by Gasteiger charge is -2.17. The Bertz CT molecular complexity index is 1700. The van der Waals surface area contributed by atoms with E-state index >= 15 is 0 Å². The maximum atomic E-state index is 13.7. The van der Waals surface area contributed by atoms with Crippen molar-refractivity contribution in [2.75, 3.05) is 0 Å². The fourth-order valence-electron chi connectivity index (χ4n) is 5.04. The van der Waals surface area contributed by atoms with Crippen molar-refractivity contribution >= 4 is 33.6 Å². The maximum absolute atomic E-state index is 13.7. The van der Waals surface area contributed by atoms with Gasteiger partial charge in [0.25, 0.3) is 5.56 Å². The quantitative estimate of drug-likeness (QED) is 0.263. The number of hydrogen-bond donors (Lipinski definition) is 1. The Labute approximate surface area is 212 Å². The minimum Gasteiger partial charge on any atom is -0.445 e. The molecule has 7 nitrogen and oxygen atoms in total. The van der Waals surface area contributed by atoms with E-state index in [1.165, 1.54) is 0 Å². The zero-order valence-corrected chi connectivity index (χ0v) is 20.1. The molecule has 0 saturated carbocycles. The monoisotopic (exact) mass is 491 g/mol. The molecule has 7 heteroatoms. The number of para-hydroxylation sites is 1. The Morgan fingerprint density at radius 2 is 1.73 bits per heavy atom. The minimum atomic E-state index is -1.13. The molecule has 0 fully saturated rings. The molecular formula is C30H25N3O4. The Kier molecular flexibility index (Phi) is 5.88. The van der Waals surface area contributed by atoms with Crippen LogP contribution in [0.3, 0.4) is 0 Å². The molecule has 0 spiro atoms. The average Bonchev–Trinajstić information content (AvgIpc) is 3.22. The number of carbonyl (C=O) groups excluding carboxylic acids is 2. The Hall–Kier alpha value is -4.52. The third-order valence-electron chi connectivity index (χ3n) is 6.97. The fourth-order valence-corrected chi connectivity index (χ4v) is 5.04. The number of nitrogens with zero attached hydrogens (tertiary/aromatic N) is 2. The third-order valence-corrected chi connectivity index (χ3v) is 6.97. The number of rotatable bonds is 5. The van der Waals surface area contributed by atoms with Crippen LogP contribution in [-0.4, -0.2) is 26.3 Å². The highest BCUT2D eigenvalue weighted by molar-refractivity contribution is 6.11. The second-order valence-corrected chi connectivity index (χ2v) is 9.34. The van der Waals surface area contributed by atoms with Gasteiger partial charge in [-0.25, -0.2) is 9.78 Å². The van der Waals surface area contributed by atoms with Crippen LogP contribution in [-0.2, 0) is 17.7 Å². The van der Waals surface area contributed by atoms with Gasteiger partial charge in [0.15, 0.2) is 6.10 Å². The van der Waals surface area contributed by atoms with Crippen LogP contribution in [0.25, 0.3) is 21.8 Å². The van der Waals surface area contributed by atoms with Gasteiger partial charge in [-0.2, -0.15) is 0 Å². The number of hydrogen-bond acceptors (Lipinski definition) is 5. The number of aryl methyl sites for hydroxylation is 1. The van der Waals surface area contributed by atoms with Crippen LogP contribution in [0.5, 0.6) is 0 Å². The normalized spacial score (nSPS) is 14.2. The van der Waals surface area contributed by atoms with E-state index in [4.69, 9.17) is 9.72 Å². The van der Waals surface area contributed by atoms with Gasteiger partial charge in [-0.15, -0.1) is 0 Å². The lowest BCUT2D eigenvalue weighted by molar-refractivity contribution is 0.0281.